The van der Waals surface area contributed by atoms with Gasteiger partial charge in [0, 0.05) is 56.7 Å². The van der Waals surface area contributed by atoms with Gasteiger partial charge in [-0.25, -0.2) is 0 Å². The minimum atomic E-state index is -0.0335. The number of hydrogen-bond acceptors (Lipinski definition) is 0. The molecule has 0 aliphatic rings. The summed E-state index contributed by atoms with van der Waals surface area (Å²) in [4.78, 5) is 0. The Balaban J connectivity index is 0.652. The Hall–Kier alpha value is -11.6. The highest BCUT2D eigenvalue weighted by molar-refractivity contribution is 6.22. The SMILES string of the molecule is CCn1c2ccc(-c3ccc(-c4ccccc4)cc3)cc2c2cc(-c3ccc(-c4ccc(-c5c6ccccc6c(-c6ccc(-c7ccc(-c8ccc9c(c8)c8cc(-c%10ccc(-c%11ccccc%11)cc%10)ccc8n9CC)cc7)cc6)c6cc(C(C)(C)C)ccc56)cc4)cc3)ccc21. The van der Waals surface area contributed by atoms with E-state index in [4.69, 9.17) is 0 Å². The Kier molecular flexibility index (Phi) is 14.4. The zero-order valence-corrected chi connectivity index (χ0v) is 54.9. The molecule has 0 unspecified atom stereocenters. The van der Waals surface area contributed by atoms with Crippen LogP contribution in [0, 0.1) is 0 Å². The second-order valence-corrected chi connectivity index (χ2v) is 26.9. The van der Waals surface area contributed by atoms with E-state index in [1.165, 1.54) is 182 Å². The number of fused-ring (bicyclic) bond motifs is 8. The standard InChI is InChI=1S/C94H72N2/c1-6-95-88-52-46-75(69-30-22-63(23-31-69)61-16-10-8-11-17-61)56-83(88)85-58-77(48-54-90(85)95)71-34-26-65(27-35-71)67-38-42-73(43-39-67)92-80-20-14-15-21-81(80)93(87-60-79(94(3,4)5)50-51-82(87)92)74-44-40-68(41-45-74)66-28-36-72(37-29-66)78-49-55-91-86(59-78)84-57-76(47-53-89(84)96(91)7-2)70-32-24-64(25-33-70)62-18-12-9-13-19-62/h8-60H,6-7H2,1-5H3. The van der Waals surface area contributed by atoms with Crippen molar-refractivity contribution in [1.29, 1.82) is 0 Å². The summed E-state index contributed by atoms with van der Waals surface area (Å²) in [6, 6.07) is 120. The molecule has 0 spiro atoms. The van der Waals surface area contributed by atoms with Gasteiger partial charge in [0.25, 0.3) is 0 Å². The first-order valence-electron chi connectivity index (χ1n) is 34.0. The Labute approximate surface area is 562 Å². The molecule has 0 atom stereocenters. The van der Waals surface area contributed by atoms with E-state index in [1.54, 1.807) is 0 Å². The van der Waals surface area contributed by atoms with Crippen molar-refractivity contribution >= 4 is 65.2 Å². The maximum atomic E-state index is 2.47. The molecule has 2 heteroatoms. The van der Waals surface area contributed by atoms with Gasteiger partial charge in [-0.1, -0.05) is 288 Å². The van der Waals surface area contributed by atoms with E-state index in [9.17, 15) is 0 Å². The van der Waals surface area contributed by atoms with Gasteiger partial charge in [0.15, 0.2) is 0 Å². The second kappa shape index (κ2) is 23.8. The summed E-state index contributed by atoms with van der Waals surface area (Å²) in [5.41, 5.74) is 30.8. The summed E-state index contributed by atoms with van der Waals surface area (Å²) in [6.07, 6.45) is 0. The zero-order chi connectivity index (χ0) is 64.6. The van der Waals surface area contributed by atoms with Gasteiger partial charge in [-0.3, -0.25) is 0 Å². The summed E-state index contributed by atoms with van der Waals surface area (Å²) in [6.45, 7) is 13.3. The van der Waals surface area contributed by atoms with Crippen LogP contribution in [-0.4, -0.2) is 9.13 Å². The van der Waals surface area contributed by atoms with E-state index in [1.807, 2.05) is 0 Å². The quantitative estimate of drug-likeness (QED) is 0.108. The van der Waals surface area contributed by atoms with Crippen LogP contribution in [-0.2, 0) is 18.5 Å². The maximum absolute atomic E-state index is 2.47. The molecule has 15 aromatic carbocycles. The van der Waals surface area contributed by atoms with Crippen LogP contribution in [0.25, 0.3) is 176 Å². The molecule has 0 N–H and O–H groups in total. The molecule has 17 aromatic rings. The summed E-state index contributed by atoms with van der Waals surface area (Å²) < 4.78 is 4.89. The lowest BCUT2D eigenvalue weighted by Crippen LogP contribution is -2.10. The molecule has 2 nitrogen and oxygen atoms in total. The predicted octanol–water partition coefficient (Wildman–Crippen LogP) is 26.2. The highest BCUT2D eigenvalue weighted by Gasteiger charge is 2.22. The third-order valence-electron chi connectivity index (χ3n) is 20.4. The molecule has 17 rings (SSSR count). The van der Waals surface area contributed by atoms with E-state index in [2.05, 4.69) is 365 Å². The summed E-state index contributed by atoms with van der Waals surface area (Å²) >= 11 is 0. The molecule has 0 amide bonds. The Morgan fingerprint density at radius 3 is 0.708 bits per heavy atom. The predicted molar refractivity (Wildman–Crippen MR) is 412 cm³/mol. The molecule has 0 bridgehead atoms. The third-order valence-corrected chi connectivity index (χ3v) is 20.4. The van der Waals surface area contributed by atoms with E-state index in [0.717, 1.165) is 13.1 Å². The van der Waals surface area contributed by atoms with Crippen molar-refractivity contribution in [1.82, 2.24) is 9.13 Å². The first-order chi connectivity index (χ1) is 47.1. The first-order valence-corrected chi connectivity index (χ1v) is 34.0. The van der Waals surface area contributed by atoms with Gasteiger partial charge >= 0.3 is 0 Å². The number of nitrogens with zero attached hydrogens (tertiary/aromatic N) is 2. The fraction of sp³-hybridized carbons (Fsp3) is 0.0851. The van der Waals surface area contributed by atoms with Crippen LogP contribution in [0.3, 0.4) is 0 Å². The molecule has 0 saturated carbocycles. The van der Waals surface area contributed by atoms with Crippen LogP contribution in [0.4, 0.5) is 0 Å². The van der Waals surface area contributed by atoms with Crippen molar-refractivity contribution in [3.8, 4) is 111 Å². The Morgan fingerprint density at radius 1 is 0.198 bits per heavy atom. The van der Waals surface area contributed by atoms with Crippen molar-refractivity contribution in [2.45, 2.75) is 53.1 Å². The van der Waals surface area contributed by atoms with Crippen molar-refractivity contribution in [2.24, 2.45) is 0 Å². The van der Waals surface area contributed by atoms with Crippen molar-refractivity contribution < 1.29 is 0 Å². The second-order valence-electron chi connectivity index (χ2n) is 26.9. The van der Waals surface area contributed by atoms with Gasteiger partial charge in [0.1, 0.15) is 0 Å². The number of benzene rings is 15. The molecule has 2 heterocycles. The van der Waals surface area contributed by atoms with Crippen LogP contribution in [0.5, 0.6) is 0 Å². The first kappa shape index (κ1) is 58.3. The molecule has 0 fully saturated rings. The lowest BCUT2D eigenvalue weighted by atomic mass is 9.81. The third kappa shape index (κ3) is 10.3. The summed E-state index contributed by atoms with van der Waals surface area (Å²) in [7, 11) is 0. The molecule has 0 saturated heterocycles. The highest BCUT2D eigenvalue weighted by Crippen LogP contribution is 2.47. The Morgan fingerprint density at radius 2 is 0.427 bits per heavy atom. The van der Waals surface area contributed by atoms with Gasteiger partial charge in [-0.05, 0) is 212 Å². The van der Waals surface area contributed by atoms with Gasteiger partial charge in [0.05, 0.1) is 0 Å². The Bertz CT molecular complexity index is 5790. The van der Waals surface area contributed by atoms with Gasteiger partial charge in [-0.2, -0.15) is 0 Å². The molecule has 0 radical (unpaired) electrons. The molecule has 0 aliphatic heterocycles. The maximum Gasteiger partial charge on any atom is 0.0491 e. The van der Waals surface area contributed by atoms with Crippen molar-refractivity contribution in [3.63, 3.8) is 0 Å². The van der Waals surface area contributed by atoms with Crippen LogP contribution in [0.1, 0.15) is 40.2 Å². The number of aromatic nitrogens is 2. The smallest absolute Gasteiger partial charge is 0.0491 e. The lowest BCUT2D eigenvalue weighted by Gasteiger charge is -2.23. The number of hydrogen-bond donors (Lipinski definition) is 0. The van der Waals surface area contributed by atoms with E-state index < -0.39 is 0 Å². The largest absolute Gasteiger partial charge is 0.341 e. The molecular formula is C94H72N2. The lowest BCUT2D eigenvalue weighted by molar-refractivity contribution is 0.591. The van der Waals surface area contributed by atoms with Crippen LogP contribution >= 0.6 is 0 Å². The molecule has 96 heavy (non-hydrogen) atoms. The minimum absolute atomic E-state index is 0.0335. The van der Waals surface area contributed by atoms with Crippen LogP contribution in [0.2, 0.25) is 0 Å². The summed E-state index contributed by atoms with van der Waals surface area (Å²) in [5.74, 6) is 0. The average Bonchev–Trinajstić information content (AvgIpc) is 1.52. The molecule has 0 aliphatic carbocycles. The summed E-state index contributed by atoms with van der Waals surface area (Å²) in [5, 5.41) is 10.2. The van der Waals surface area contributed by atoms with Crippen molar-refractivity contribution in [3.05, 3.63) is 327 Å². The van der Waals surface area contributed by atoms with Crippen LogP contribution in [0.15, 0.2) is 322 Å². The van der Waals surface area contributed by atoms with E-state index in [0.29, 0.717) is 0 Å². The fourth-order valence-corrected chi connectivity index (χ4v) is 15.2. The molecule has 2 aromatic heterocycles. The fourth-order valence-electron chi connectivity index (χ4n) is 15.2. The van der Waals surface area contributed by atoms with Crippen LogP contribution < -0.4 is 0 Å². The van der Waals surface area contributed by atoms with E-state index >= 15 is 0 Å². The number of aryl methyl sites for hydroxylation is 2. The highest BCUT2D eigenvalue weighted by atomic mass is 15.0. The number of rotatable bonds is 12. The monoisotopic (exact) mass is 1230 g/mol. The molecule has 458 valence electrons. The van der Waals surface area contributed by atoms with Gasteiger partial charge in [0.2, 0.25) is 0 Å². The minimum Gasteiger partial charge on any atom is -0.341 e. The molecular weight excluding hydrogens is 1160 g/mol. The normalized spacial score (nSPS) is 11.9. The van der Waals surface area contributed by atoms with E-state index in [-0.39, 0.29) is 5.41 Å². The average molecular weight is 1230 g/mol. The topological polar surface area (TPSA) is 9.86 Å². The van der Waals surface area contributed by atoms with Crippen molar-refractivity contribution in [2.75, 3.05) is 0 Å². The van der Waals surface area contributed by atoms with Gasteiger partial charge < -0.3 is 9.13 Å². The zero-order valence-electron chi connectivity index (χ0n) is 54.9. The van der Waals surface area contributed by atoms with Gasteiger partial charge in [-0.15, -0.1) is 0 Å².